The maximum absolute atomic E-state index is 13.2. The van der Waals surface area contributed by atoms with E-state index in [0.29, 0.717) is 0 Å². The van der Waals surface area contributed by atoms with E-state index in [1.165, 1.54) is 0 Å². The summed E-state index contributed by atoms with van der Waals surface area (Å²) in [6, 6.07) is 2.02. The van der Waals surface area contributed by atoms with Crippen molar-refractivity contribution in [2.45, 2.75) is 18.9 Å². The molecule has 0 radical (unpaired) electrons. The van der Waals surface area contributed by atoms with Gasteiger partial charge in [0.05, 0.1) is 22.6 Å². The normalized spacial score (nSPS) is 12.6. The molecule has 0 saturated heterocycles. The van der Waals surface area contributed by atoms with Gasteiger partial charge in [-0.15, -0.1) is 0 Å². The van der Waals surface area contributed by atoms with Gasteiger partial charge in [-0.3, -0.25) is 0 Å². The highest BCUT2D eigenvalue weighted by atomic mass is 35.5. The molecule has 0 fully saturated rings. The summed E-state index contributed by atoms with van der Waals surface area (Å²) >= 11 is 10.3. The molecule has 0 aliphatic carbocycles. The summed E-state index contributed by atoms with van der Waals surface area (Å²) in [5, 5.41) is -0.310. The number of rotatable bonds is 3. The van der Waals surface area contributed by atoms with Gasteiger partial charge in [0.15, 0.2) is 4.77 Å². The standard InChI is InChI=1S/C10H6ClF5N2S/c11-4-1-7-6(2-5(4)12)17-9(19)18(7)3-10(15,16)8(13)14/h1-2,8H,3H2,(H,17,19). The summed E-state index contributed by atoms with van der Waals surface area (Å²) in [6.07, 6.45) is -3.82. The number of H-pyrrole nitrogens is 1. The van der Waals surface area contributed by atoms with E-state index in [-0.39, 0.29) is 20.8 Å². The van der Waals surface area contributed by atoms with Gasteiger partial charge in [-0.1, -0.05) is 11.6 Å². The topological polar surface area (TPSA) is 20.7 Å². The van der Waals surface area contributed by atoms with Crippen molar-refractivity contribution in [3.8, 4) is 0 Å². The van der Waals surface area contributed by atoms with E-state index in [9.17, 15) is 22.0 Å². The Labute approximate surface area is 113 Å². The molecular formula is C10H6ClF5N2S. The zero-order chi connectivity index (χ0) is 14.4. The number of aromatic nitrogens is 2. The van der Waals surface area contributed by atoms with Gasteiger partial charge in [0.2, 0.25) is 0 Å². The summed E-state index contributed by atoms with van der Waals surface area (Å²) in [7, 11) is 0. The molecule has 0 unspecified atom stereocenters. The fourth-order valence-corrected chi connectivity index (χ4v) is 2.02. The highest BCUT2D eigenvalue weighted by Crippen LogP contribution is 2.28. The molecular weight excluding hydrogens is 311 g/mol. The predicted octanol–water partition coefficient (Wildman–Crippen LogP) is 4.39. The van der Waals surface area contributed by atoms with Crippen molar-refractivity contribution in [1.82, 2.24) is 9.55 Å². The Bertz CT molecular complexity index is 678. The van der Waals surface area contributed by atoms with Crippen LogP contribution in [0.1, 0.15) is 0 Å². The number of aromatic amines is 1. The average molecular weight is 317 g/mol. The number of benzene rings is 1. The minimum atomic E-state index is -4.24. The Balaban J connectivity index is 2.58. The van der Waals surface area contributed by atoms with Gasteiger partial charge in [-0.25, -0.2) is 13.2 Å². The van der Waals surface area contributed by atoms with Crippen molar-refractivity contribution in [3.05, 3.63) is 27.7 Å². The number of fused-ring (bicyclic) bond motifs is 1. The fraction of sp³-hybridized carbons (Fsp3) is 0.300. The zero-order valence-corrected chi connectivity index (χ0v) is 10.6. The number of imidazole rings is 1. The molecule has 1 aromatic carbocycles. The van der Waals surface area contributed by atoms with Crippen LogP contribution in [0.25, 0.3) is 11.0 Å². The molecule has 19 heavy (non-hydrogen) atoms. The third-order valence-corrected chi connectivity index (χ3v) is 3.12. The van der Waals surface area contributed by atoms with Crippen LogP contribution in [0, 0.1) is 10.6 Å². The zero-order valence-electron chi connectivity index (χ0n) is 9.06. The lowest BCUT2D eigenvalue weighted by Gasteiger charge is -2.16. The lowest BCUT2D eigenvalue weighted by atomic mass is 10.3. The van der Waals surface area contributed by atoms with Crippen molar-refractivity contribution in [2.75, 3.05) is 0 Å². The van der Waals surface area contributed by atoms with Crippen LogP contribution in [0.5, 0.6) is 0 Å². The third kappa shape index (κ3) is 2.59. The molecule has 0 aliphatic heterocycles. The van der Waals surface area contributed by atoms with Gasteiger partial charge in [-0.05, 0) is 18.3 Å². The third-order valence-electron chi connectivity index (χ3n) is 2.50. The van der Waals surface area contributed by atoms with Crippen LogP contribution in [0.3, 0.4) is 0 Å². The van der Waals surface area contributed by atoms with E-state index in [0.717, 1.165) is 16.7 Å². The second-order valence-corrected chi connectivity index (χ2v) is 4.66. The van der Waals surface area contributed by atoms with Gasteiger partial charge in [0.1, 0.15) is 5.82 Å². The first kappa shape index (κ1) is 14.3. The summed E-state index contributed by atoms with van der Waals surface area (Å²) < 4.78 is 64.2. The maximum Gasteiger partial charge on any atom is 0.324 e. The average Bonchev–Trinajstić information content (AvgIpc) is 2.56. The number of halogens is 6. The molecule has 1 N–H and O–H groups in total. The van der Waals surface area contributed by atoms with Crippen molar-refractivity contribution < 1.29 is 22.0 Å². The number of nitrogens with zero attached hydrogens (tertiary/aromatic N) is 1. The van der Waals surface area contributed by atoms with E-state index in [2.05, 4.69) is 4.98 Å². The van der Waals surface area contributed by atoms with Crippen LogP contribution in [0.2, 0.25) is 5.02 Å². The van der Waals surface area contributed by atoms with Gasteiger partial charge >= 0.3 is 12.3 Å². The van der Waals surface area contributed by atoms with E-state index in [4.69, 9.17) is 23.8 Å². The SMILES string of the molecule is Fc1cc2[nH]c(=S)n(CC(F)(F)C(F)F)c2cc1Cl. The minimum Gasteiger partial charge on any atom is -0.330 e. The van der Waals surface area contributed by atoms with Crippen molar-refractivity contribution in [1.29, 1.82) is 0 Å². The summed E-state index contributed by atoms with van der Waals surface area (Å²) in [5.41, 5.74) is 0.147. The quantitative estimate of drug-likeness (QED) is 0.658. The second kappa shape index (κ2) is 4.75. The van der Waals surface area contributed by atoms with Gasteiger partial charge < -0.3 is 9.55 Å². The largest absolute Gasteiger partial charge is 0.330 e. The summed E-state index contributed by atoms with van der Waals surface area (Å²) in [5.74, 6) is -5.01. The van der Waals surface area contributed by atoms with Crippen LogP contribution < -0.4 is 0 Å². The summed E-state index contributed by atoms with van der Waals surface area (Å²) in [4.78, 5) is 2.46. The van der Waals surface area contributed by atoms with Crippen molar-refractivity contribution in [2.24, 2.45) is 0 Å². The predicted molar refractivity (Wildman–Crippen MR) is 63.0 cm³/mol. The van der Waals surface area contributed by atoms with Crippen LogP contribution in [-0.2, 0) is 6.54 Å². The van der Waals surface area contributed by atoms with Crippen molar-refractivity contribution in [3.63, 3.8) is 0 Å². The highest BCUT2D eigenvalue weighted by Gasteiger charge is 2.41. The number of alkyl halides is 4. The number of nitrogens with one attached hydrogen (secondary N) is 1. The smallest absolute Gasteiger partial charge is 0.324 e. The van der Waals surface area contributed by atoms with E-state index < -0.39 is 24.7 Å². The Morgan fingerprint density at radius 2 is 2.00 bits per heavy atom. The monoisotopic (exact) mass is 316 g/mol. The minimum absolute atomic E-state index is 0.0386. The molecule has 0 atom stereocenters. The summed E-state index contributed by atoms with van der Waals surface area (Å²) in [6.45, 7) is -1.31. The number of hydrogen-bond acceptors (Lipinski definition) is 1. The van der Waals surface area contributed by atoms with E-state index in [1.54, 1.807) is 0 Å². The Kier molecular flexibility index (Phi) is 3.57. The molecule has 1 heterocycles. The lowest BCUT2D eigenvalue weighted by molar-refractivity contribution is -0.137. The lowest BCUT2D eigenvalue weighted by Crippen LogP contribution is -2.32. The molecule has 0 amide bonds. The Morgan fingerprint density at radius 3 is 2.58 bits per heavy atom. The van der Waals surface area contributed by atoms with Crippen LogP contribution in [-0.4, -0.2) is 21.9 Å². The van der Waals surface area contributed by atoms with Gasteiger partial charge in [0.25, 0.3) is 0 Å². The van der Waals surface area contributed by atoms with E-state index in [1.807, 2.05) is 0 Å². The number of hydrogen-bond donors (Lipinski definition) is 1. The molecule has 2 aromatic rings. The van der Waals surface area contributed by atoms with Crippen LogP contribution in [0.4, 0.5) is 22.0 Å². The highest BCUT2D eigenvalue weighted by molar-refractivity contribution is 7.71. The first-order chi connectivity index (χ1) is 8.72. The van der Waals surface area contributed by atoms with E-state index >= 15 is 0 Å². The molecule has 9 heteroatoms. The van der Waals surface area contributed by atoms with Crippen LogP contribution in [0.15, 0.2) is 12.1 Å². The molecule has 104 valence electrons. The van der Waals surface area contributed by atoms with Crippen molar-refractivity contribution >= 4 is 34.9 Å². The molecule has 2 rings (SSSR count). The molecule has 2 nitrogen and oxygen atoms in total. The fourth-order valence-electron chi connectivity index (χ4n) is 1.59. The molecule has 0 bridgehead atoms. The Morgan fingerprint density at radius 1 is 1.37 bits per heavy atom. The Hall–Kier alpha value is -1.15. The maximum atomic E-state index is 13.2. The molecule has 1 aromatic heterocycles. The second-order valence-electron chi connectivity index (χ2n) is 3.86. The molecule has 0 saturated carbocycles. The molecule has 0 spiro atoms. The van der Waals surface area contributed by atoms with Crippen LogP contribution >= 0.6 is 23.8 Å². The first-order valence-electron chi connectivity index (χ1n) is 4.96. The van der Waals surface area contributed by atoms with Gasteiger partial charge in [0, 0.05) is 6.07 Å². The van der Waals surface area contributed by atoms with Gasteiger partial charge in [-0.2, -0.15) is 8.78 Å². The molecule has 0 aliphatic rings. The first-order valence-corrected chi connectivity index (χ1v) is 5.74.